The van der Waals surface area contributed by atoms with E-state index in [0.29, 0.717) is 24.9 Å². The molecule has 4 N–H and O–H groups in total. The molecule has 0 spiro atoms. The van der Waals surface area contributed by atoms with Gasteiger partial charge in [0.05, 0.1) is 5.69 Å². The molecule has 0 unspecified atom stereocenters. The molecular formula is C19H21F3N6O. The summed E-state index contributed by atoms with van der Waals surface area (Å²) >= 11 is 0. The molecule has 1 saturated heterocycles. The van der Waals surface area contributed by atoms with Gasteiger partial charge in [-0.1, -0.05) is 6.08 Å². The average molecular weight is 406 g/mol. The van der Waals surface area contributed by atoms with E-state index in [-0.39, 0.29) is 28.9 Å². The number of rotatable bonds is 3. The van der Waals surface area contributed by atoms with Crippen LogP contribution in [0, 0.1) is 0 Å². The number of carbonyl (C=O) groups is 1. The van der Waals surface area contributed by atoms with Crippen LogP contribution in [0.15, 0.2) is 24.7 Å². The van der Waals surface area contributed by atoms with Crippen molar-refractivity contribution in [1.82, 2.24) is 25.6 Å². The van der Waals surface area contributed by atoms with E-state index >= 15 is 0 Å². The number of aromatic amines is 1. The van der Waals surface area contributed by atoms with E-state index in [0.717, 1.165) is 25.6 Å². The Morgan fingerprint density at radius 2 is 2.14 bits per heavy atom. The summed E-state index contributed by atoms with van der Waals surface area (Å²) in [6.45, 7) is 1.62. The van der Waals surface area contributed by atoms with Crippen LogP contribution >= 0.6 is 0 Å². The minimum Gasteiger partial charge on any atom is -0.356 e. The molecule has 0 aromatic carbocycles. The quantitative estimate of drug-likeness (QED) is 0.629. The van der Waals surface area contributed by atoms with Gasteiger partial charge in [-0.2, -0.15) is 13.2 Å². The standard InChI is InChI=1S/C19H21F3N6O/c20-19(21,22)14-10-26-18(27-11-4-3-6-23-8-11)28-15(14)13-9-25-16-12(13)5-1-2-7-24-17(16)29/h2,7,9-11,23,25H,1,3-6,8H2,(H,24,29)(H,26,27,28)/t11-/m0/s1. The first-order chi connectivity index (χ1) is 13.9. The largest absolute Gasteiger partial charge is 0.419 e. The van der Waals surface area contributed by atoms with Gasteiger partial charge < -0.3 is 20.9 Å². The molecule has 4 rings (SSSR count). The highest BCUT2D eigenvalue weighted by atomic mass is 19.4. The molecule has 1 fully saturated rings. The van der Waals surface area contributed by atoms with Gasteiger partial charge in [0.2, 0.25) is 5.95 Å². The minimum atomic E-state index is -4.62. The topological polar surface area (TPSA) is 94.7 Å². The maximum atomic E-state index is 13.7. The molecule has 1 atom stereocenters. The van der Waals surface area contributed by atoms with E-state index in [1.165, 1.54) is 12.4 Å². The van der Waals surface area contributed by atoms with Crippen molar-refractivity contribution in [2.45, 2.75) is 37.9 Å². The molecule has 29 heavy (non-hydrogen) atoms. The van der Waals surface area contributed by atoms with E-state index in [4.69, 9.17) is 0 Å². The molecule has 4 heterocycles. The van der Waals surface area contributed by atoms with Gasteiger partial charge in [-0.25, -0.2) is 9.97 Å². The summed E-state index contributed by atoms with van der Waals surface area (Å²) in [6, 6.07) is 0.0519. The maximum absolute atomic E-state index is 13.7. The Morgan fingerprint density at radius 3 is 2.90 bits per heavy atom. The Labute approximate surface area is 165 Å². The third-order valence-electron chi connectivity index (χ3n) is 5.09. The van der Waals surface area contributed by atoms with Crippen molar-refractivity contribution in [3.05, 3.63) is 41.5 Å². The highest BCUT2D eigenvalue weighted by Crippen LogP contribution is 2.38. The highest BCUT2D eigenvalue weighted by molar-refractivity contribution is 5.97. The third kappa shape index (κ3) is 4.12. The molecule has 0 saturated carbocycles. The lowest BCUT2D eigenvalue weighted by atomic mass is 9.99. The maximum Gasteiger partial charge on any atom is 0.419 e. The molecule has 2 aliphatic rings. The third-order valence-corrected chi connectivity index (χ3v) is 5.09. The number of piperidine rings is 1. The van der Waals surface area contributed by atoms with Crippen molar-refractivity contribution >= 4 is 11.9 Å². The number of hydrogen-bond donors (Lipinski definition) is 4. The molecule has 2 aliphatic heterocycles. The zero-order valence-electron chi connectivity index (χ0n) is 15.6. The first-order valence-corrected chi connectivity index (χ1v) is 9.51. The fourth-order valence-corrected chi connectivity index (χ4v) is 3.67. The number of fused-ring (bicyclic) bond motifs is 1. The second-order valence-corrected chi connectivity index (χ2v) is 7.11. The molecule has 10 heteroatoms. The number of nitrogens with zero attached hydrogens (tertiary/aromatic N) is 2. The summed E-state index contributed by atoms with van der Waals surface area (Å²) in [5.41, 5.74) is -0.119. The van der Waals surface area contributed by atoms with Crippen molar-refractivity contribution in [2.75, 3.05) is 18.4 Å². The normalized spacial score (nSPS) is 19.8. The van der Waals surface area contributed by atoms with E-state index in [1.807, 2.05) is 0 Å². The van der Waals surface area contributed by atoms with Crippen LogP contribution in [-0.4, -0.2) is 40.0 Å². The SMILES string of the molecule is O=C1NC=CCCc2c(-c3nc(N[C@H]4CCCNC4)ncc3C(F)(F)F)c[nH]c21. The smallest absolute Gasteiger partial charge is 0.356 e. The Bertz CT molecular complexity index is 931. The first-order valence-electron chi connectivity index (χ1n) is 9.51. The van der Waals surface area contributed by atoms with Gasteiger partial charge in [0, 0.05) is 36.7 Å². The molecule has 7 nitrogen and oxygen atoms in total. The van der Waals surface area contributed by atoms with Gasteiger partial charge in [0.1, 0.15) is 11.3 Å². The first kappa shape index (κ1) is 19.4. The Hall–Kier alpha value is -2.88. The Balaban J connectivity index is 1.76. The van der Waals surface area contributed by atoms with Crippen molar-refractivity contribution in [3.8, 4) is 11.3 Å². The van der Waals surface area contributed by atoms with Crippen LogP contribution in [0.3, 0.4) is 0 Å². The van der Waals surface area contributed by atoms with E-state index < -0.39 is 17.6 Å². The molecule has 2 aromatic rings. The molecule has 0 radical (unpaired) electrons. The second kappa shape index (κ2) is 7.86. The highest BCUT2D eigenvalue weighted by Gasteiger charge is 2.37. The molecule has 0 aliphatic carbocycles. The lowest BCUT2D eigenvalue weighted by Crippen LogP contribution is -2.38. The van der Waals surface area contributed by atoms with Gasteiger partial charge in [0.15, 0.2) is 0 Å². The van der Waals surface area contributed by atoms with Crippen LogP contribution in [0.25, 0.3) is 11.3 Å². The van der Waals surface area contributed by atoms with Gasteiger partial charge >= 0.3 is 6.18 Å². The van der Waals surface area contributed by atoms with Crippen LogP contribution in [-0.2, 0) is 12.6 Å². The minimum absolute atomic E-state index is 0.0519. The number of alkyl halides is 3. The number of aromatic nitrogens is 3. The Kier molecular flexibility index (Phi) is 5.27. The number of nitrogens with one attached hydrogen (secondary N) is 4. The van der Waals surface area contributed by atoms with Gasteiger partial charge in [0.25, 0.3) is 5.91 Å². The van der Waals surface area contributed by atoms with Crippen LogP contribution in [0.2, 0.25) is 0 Å². The number of hydrogen-bond acceptors (Lipinski definition) is 5. The Morgan fingerprint density at radius 1 is 1.28 bits per heavy atom. The van der Waals surface area contributed by atoms with Gasteiger partial charge in [-0.3, -0.25) is 4.79 Å². The average Bonchev–Trinajstić information content (AvgIpc) is 3.09. The van der Waals surface area contributed by atoms with E-state index in [9.17, 15) is 18.0 Å². The predicted octanol–water partition coefficient (Wildman–Crippen LogP) is 2.84. The molecule has 2 aromatic heterocycles. The fraction of sp³-hybridized carbons (Fsp3) is 0.421. The number of allylic oxidation sites excluding steroid dienone is 1. The van der Waals surface area contributed by atoms with Crippen molar-refractivity contribution in [2.24, 2.45) is 0 Å². The number of halogens is 3. The fourth-order valence-electron chi connectivity index (χ4n) is 3.67. The summed E-state index contributed by atoms with van der Waals surface area (Å²) in [6.07, 6.45) is 3.79. The van der Waals surface area contributed by atoms with Crippen molar-refractivity contribution < 1.29 is 18.0 Å². The van der Waals surface area contributed by atoms with Crippen molar-refractivity contribution in [3.63, 3.8) is 0 Å². The summed E-state index contributed by atoms with van der Waals surface area (Å²) in [5, 5.41) is 8.95. The number of anilines is 1. The van der Waals surface area contributed by atoms with Gasteiger partial charge in [-0.15, -0.1) is 0 Å². The van der Waals surface area contributed by atoms with Crippen LogP contribution in [0.4, 0.5) is 19.1 Å². The number of H-pyrrole nitrogens is 1. The molecular weight excluding hydrogens is 385 g/mol. The van der Waals surface area contributed by atoms with Crippen LogP contribution in [0.5, 0.6) is 0 Å². The summed E-state index contributed by atoms with van der Waals surface area (Å²) < 4.78 is 41.0. The summed E-state index contributed by atoms with van der Waals surface area (Å²) in [4.78, 5) is 23.2. The second-order valence-electron chi connectivity index (χ2n) is 7.11. The lowest BCUT2D eigenvalue weighted by molar-refractivity contribution is -0.137. The lowest BCUT2D eigenvalue weighted by Gasteiger charge is -2.24. The monoisotopic (exact) mass is 406 g/mol. The molecule has 1 amide bonds. The summed E-state index contributed by atoms with van der Waals surface area (Å²) in [5.74, 6) is -0.247. The van der Waals surface area contributed by atoms with Gasteiger partial charge in [-0.05, 0) is 37.8 Å². The summed E-state index contributed by atoms with van der Waals surface area (Å²) in [7, 11) is 0. The molecule has 0 bridgehead atoms. The van der Waals surface area contributed by atoms with Crippen LogP contribution in [0.1, 0.15) is 40.9 Å². The zero-order chi connectivity index (χ0) is 20.4. The van der Waals surface area contributed by atoms with Crippen molar-refractivity contribution in [1.29, 1.82) is 0 Å². The van der Waals surface area contributed by atoms with E-state index in [1.54, 1.807) is 6.08 Å². The number of carbonyl (C=O) groups excluding carboxylic acids is 1. The number of amides is 1. The zero-order valence-corrected chi connectivity index (χ0v) is 15.6. The van der Waals surface area contributed by atoms with E-state index in [2.05, 4.69) is 30.9 Å². The van der Waals surface area contributed by atoms with Crippen LogP contribution < -0.4 is 16.0 Å². The molecule has 154 valence electrons. The predicted molar refractivity (Wildman–Crippen MR) is 101 cm³/mol.